The molecule has 2 fully saturated rings. The Labute approximate surface area is 480 Å². The summed E-state index contributed by atoms with van der Waals surface area (Å²) in [4.78, 5) is 8.39. The molecule has 4 unspecified atom stereocenters. The molecule has 80 heavy (non-hydrogen) atoms. The van der Waals surface area contributed by atoms with Crippen LogP contribution in [0.2, 0.25) is 0 Å². The zero-order valence-corrected chi connectivity index (χ0v) is 49.9. The summed E-state index contributed by atoms with van der Waals surface area (Å²) in [5, 5.41) is 5.38. The summed E-state index contributed by atoms with van der Waals surface area (Å²) in [5.41, 5.74) is 25.2. The maximum Gasteiger partial charge on any atom is 0.254 e. The first kappa shape index (κ1) is 49.3. The van der Waals surface area contributed by atoms with E-state index in [9.17, 15) is 0 Å². The van der Waals surface area contributed by atoms with Gasteiger partial charge in [-0.05, 0) is 211 Å². The van der Waals surface area contributed by atoms with Crippen molar-refractivity contribution < 1.29 is 0 Å². The molecule has 16 rings (SSSR count). The highest BCUT2D eigenvalue weighted by atomic mass is 32.1. The monoisotopic (exact) mass is 1060 g/mol. The van der Waals surface area contributed by atoms with Gasteiger partial charge in [-0.3, -0.25) is 0 Å². The first-order valence-electron chi connectivity index (χ1n) is 30.4. The molecule has 7 aliphatic rings. The van der Waals surface area contributed by atoms with E-state index in [0.29, 0.717) is 0 Å². The van der Waals surface area contributed by atoms with Gasteiger partial charge in [-0.25, -0.2) is 0 Å². The van der Waals surface area contributed by atoms with Gasteiger partial charge in [-0.2, -0.15) is 0 Å². The van der Waals surface area contributed by atoms with E-state index < -0.39 is 0 Å². The molecule has 9 aromatic rings. The van der Waals surface area contributed by atoms with Crippen LogP contribution < -0.4 is 31.1 Å². The number of anilines is 8. The van der Waals surface area contributed by atoms with Gasteiger partial charge in [0.05, 0.1) is 16.2 Å². The Morgan fingerprint density at radius 1 is 0.475 bits per heavy atom. The van der Waals surface area contributed by atoms with Crippen molar-refractivity contribution in [2.45, 2.75) is 172 Å². The van der Waals surface area contributed by atoms with Crippen LogP contribution in [0.5, 0.6) is 0 Å². The SMILES string of the molecule is CC(C)(C)c1ccc(N2c3cc4ccccc4cc3B3c4c2cc(N2c5ccccc5C5(C)CCCCC25C)cc4N(c2ccc4c(c2)C(C)(C)CCC4(C)C)c2sc4cc5c(cc4c23)C2(C)CCC5(C)C2)c(-c2ccccc2)c1. The summed E-state index contributed by atoms with van der Waals surface area (Å²) < 4.78 is 1.43. The molecule has 4 aliphatic carbocycles. The van der Waals surface area contributed by atoms with E-state index in [1.165, 1.54) is 167 Å². The first-order chi connectivity index (χ1) is 38.2. The Kier molecular flexibility index (Phi) is 9.93. The van der Waals surface area contributed by atoms with E-state index in [-0.39, 0.29) is 44.7 Å². The van der Waals surface area contributed by atoms with Gasteiger partial charge >= 0.3 is 0 Å². The number of hydrogen-bond acceptors (Lipinski definition) is 4. The number of fused-ring (bicyclic) bond motifs is 16. The lowest BCUT2D eigenvalue weighted by Crippen LogP contribution is -2.61. The van der Waals surface area contributed by atoms with E-state index >= 15 is 0 Å². The molecule has 0 amide bonds. The second-order valence-electron chi connectivity index (χ2n) is 29.3. The highest BCUT2D eigenvalue weighted by Gasteiger charge is 2.59. The van der Waals surface area contributed by atoms with Crippen LogP contribution in [0.25, 0.3) is 32.0 Å². The lowest BCUT2D eigenvalue weighted by atomic mass is 9.33. The zero-order valence-electron chi connectivity index (χ0n) is 49.1. The molecule has 0 saturated heterocycles. The largest absolute Gasteiger partial charge is 0.334 e. The van der Waals surface area contributed by atoms with Crippen molar-refractivity contribution in [3.05, 3.63) is 185 Å². The number of benzene rings is 8. The minimum atomic E-state index is -0.137. The third kappa shape index (κ3) is 6.51. The summed E-state index contributed by atoms with van der Waals surface area (Å²) in [6, 6.07) is 61.0. The molecule has 3 aliphatic heterocycles. The van der Waals surface area contributed by atoms with Gasteiger partial charge in [-0.1, -0.05) is 173 Å². The van der Waals surface area contributed by atoms with Crippen molar-refractivity contribution in [3.8, 4) is 11.1 Å². The molecule has 3 nitrogen and oxygen atoms in total. The van der Waals surface area contributed by atoms with Gasteiger partial charge < -0.3 is 14.7 Å². The topological polar surface area (TPSA) is 9.72 Å². The predicted molar refractivity (Wildman–Crippen MR) is 344 cm³/mol. The quantitative estimate of drug-likeness (QED) is 0.163. The lowest BCUT2D eigenvalue weighted by Gasteiger charge is -2.51. The van der Waals surface area contributed by atoms with Gasteiger partial charge in [-0.15, -0.1) is 11.3 Å². The van der Waals surface area contributed by atoms with Crippen LogP contribution in [0.1, 0.15) is 167 Å². The molecule has 1 aromatic heterocycles. The highest BCUT2D eigenvalue weighted by Crippen LogP contribution is 2.64. The van der Waals surface area contributed by atoms with Crippen molar-refractivity contribution in [1.82, 2.24) is 0 Å². The summed E-state index contributed by atoms with van der Waals surface area (Å²) >= 11 is 2.06. The molecule has 4 atom stereocenters. The summed E-state index contributed by atoms with van der Waals surface area (Å²) in [5.74, 6) is 0. The molecule has 2 bridgehead atoms. The number of nitrogens with zero attached hydrogens (tertiary/aromatic N) is 3. The fourth-order valence-electron chi connectivity index (χ4n) is 17.8. The molecule has 0 radical (unpaired) electrons. The van der Waals surface area contributed by atoms with E-state index in [0.717, 1.165) is 6.42 Å². The zero-order chi connectivity index (χ0) is 54.8. The third-order valence-electron chi connectivity index (χ3n) is 22.5. The number of rotatable bonds is 4. The Morgan fingerprint density at radius 2 is 1.14 bits per heavy atom. The van der Waals surface area contributed by atoms with Gasteiger partial charge in [0, 0.05) is 49.8 Å². The van der Waals surface area contributed by atoms with Gasteiger partial charge in [0.2, 0.25) is 0 Å². The molecule has 5 heteroatoms. The molecular weight excluding hydrogens is 986 g/mol. The van der Waals surface area contributed by atoms with Crippen LogP contribution in [0.4, 0.5) is 44.8 Å². The van der Waals surface area contributed by atoms with E-state index in [2.05, 4.69) is 254 Å². The predicted octanol–water partition coefficient (Wildman–Crippen LogP) is 18.9. The van der Waals surface area contributed by atoms with E-state index in [1.54, 1.807) is 11.1 Å². The van der Waals surface area contributed by atoms with Gasteiger partial charge in [0.25, 0.3) is 6.71 Å². The third-order valence-corrected chi connectivity index (χ3v) is 23.7. The molecular formula is C75H76BN3S. The summed E-state index contributed by atoms with van der Waals surface area (Å²) in [6.07, 6.45) is 11.0. The highest BCUT2D eigenvalue weighted by molar-refractivity contribution is 7.26. The molecule has 8 aromatic carbocycles. The van der Waals surface area contributed by atoms with Crippen LogP contribution in [0.15, 0.2) is 152 Å². The maximum absolute atomic E-state index is 2.85. The standard InChI is InChI=1S/C75H76BN3S/c1-69(2,3)49-27-30-60(52(39-49)46-21-13-12-14-22-46)78-62-38-48-24-16-15-23-47(48)37-59(62)76-66-53-43-57-58(73(9)36-35-72(57,8)45-73)44-65(53)80-68(66)77(50-28-29-54-56(40-50)71(6,7)34-33-70(54,4)5)63-41-51(42-64(78)67(63)76)79-61-26-18-17-25-55(61)74(10)31-19-20-32-75(74,79)11/h12-18,21-30,37-44H,19-20,31-36,45H2,1-11H3. The van der Waals surface area contributed by atoms with Crippen LogP contribution in [0, 0.1) is 0 Å². The molecule has 4 heterocycles. The van der Waals surface area contributed by atoms with Crippen molar-refractivity contribution >= 4 is 100 Å². The summed E-state index contributed by atoms with van der Waals surface area (Å²) in [6.45, 7) is 27.4. The fraction of sp³-hybridized carbons (Fsp3) is 0.360. The average molecular weight is 1060 g/mol. The van der Waals surface area contributed by atoms with Crippen molar-refractivity contribution in [3.63, 3.8) is 0 Å². The number of hydrogen-bond donors (Lipinski definition) is 0. The van der Waals surface area contributed by atoms with Crippen molar-refractivity contribution in [1.29, 1.82) is 0 Å². The fourth-order valence-corrected chi connectivity index (χ4v) is 19.1. The van der Waals surface area contributed by atoms with E-state index in [4.69, 9.17) is 0 Å². The molecule has 0 N–H and O–H groups in total. The number of thiophene rings is 1. The minimum absolute atomic E-state index is 0.00567. The Hall–Kier alpha value is -6.56. The Bertz CT molecular complexity index is 4160. The summed E-state index contributed by atoms with van der Waals surface area (Å²) in [7, 11) is 0. The van der Waals surface area contributed by atoms with Crippen molar-refractivity contribution in [2.24, 2.45) is 0 Å². The average Bonchev–Trinajstić information content (AvgIpc) is 4.27. The van der Waals surface area contributed by atoms with Gasteiger partial charge in [0.15, 0.2) is 0 Å². The normalized spacial score (nSPS) is 25.3. The van der Waals surface area contributed by atoms with Crippen LogP contribution in [-0.4, -0.2) is 12.3 Å². The van der Waals surface area contributed by atoms with Crippen LogP contribution in [0.3, 0.4) is 0 Å². The second kappa shape index (κ2) is 16.1. The molecule has 2 saturated carbocycles. The molecule has 0 spiro atoms. The van der Waals surface area contributed by atoms with Crippen LogP contribution in [-0.2, 0) is 32.5 Å². The van der Waals surface area contributed by atoms with Crippen molar-refractivity contribution in [2.75, 3.05) is 14.7 Å². The number of para-hydroxylation sites is 1. The minimum Gasteiger partial charge on any atom is -0.334 e. The Balaban J connectivity index is 1.07. The second-order valence-corrected chi connectivity index (χ2v) is 30.3. The maximum atomic E-state index is 2.85. The Morgan fingerprint density at radius 3 is 1.89 bits per heavy atom. The van der Waals surface area contributed by atoms with Gasteiger partial charge in [0.1, 0.15) is 0 Å². The smallest absolute Gasteiger partial charge is 0.254 e. The van der Waals surface area contributed by atoms with Crippen LogP contribution >= 0.6 is 11.3 Å². The van der Waals surface area contributed by atoms with E-state index in [1.807, 2.05) is 0 Å². The first-order valence-corrected chi connectivity index (χ1v) is 31.2. The molecule has 400 valence electrons. The lowest BCUT2D eigenvalue weighted by molar-refractivity contribution is 0.195.